The molecular formula is C19H22N2O6. The molecule has 0 saturated heterocycles. The summed E-state index contributed by atoms with van der Waals surface area (Å²) in [5, 5.41) is 12.9. The van der Waals surface area contributed by atoms with Crippen LogP contribution in [0.4, 0.5) is 0 Å². The highest BCUT2D eigenvalue weighted by molar-refractivity contribution is 6.07. The van der Waals surface area contributed by atoms with E-state index in [1.165, 1.54) is 19.2 Å². The molecule has 0 aliphatic heterocycles. The largest absolute Gasteiger partial charge is 0.506 e. The van der Waals surface area contributed by atoms with Gasteiger partial charge in [0.15, 0.2) is 0 Å². The van der Waals surface area contributed by atoms with Crippen LogP contribution in [0.5, 0.6) is 5.75 Å². The van der Waals surface area contributed by atoms with Crippen molar-refractivity contribution < 1.29 is 29.0 Å². The predicted octanol–water partition coefficient (Wildman–Crippen LogP) is 1.83. The number of ether oxygens (including phenoxy) is 2. The number of nitrogens with zero attached hydrogens (tertiary/aromatic N) is 1. The van der Waals surface area contributed by atoms with Crippen molar-refractivity contribution in [2.45, 2.75) is 39.3 Å². The number of fused-ring (bicyclic) bond motifs is 1. The van der Waals surface area contributed by atoms with Gasteiger partial charge in [-0.1, -0.05) is 19.1 Å². The third-order valence-electron chi connectivity index (χ3n) is 4.09. The number of aromatic nitrogens is 1. The van der Waals surface area contributed by atoms with Gasteiger partial charge in [-0.2, -0.15) is 0 Å². The third-order valence-corrected chi connectivity index (χ3v) is 4.09. The summed E-state index contributed by atoms with van der Waals surface area (Å²) >= 11 is 0. The van der Waals surface area contributed by atoms with Gasteiger partial charge < -0.3 is 19.9 Å². The topological polar surface area (TPSA) is 115 Å². The summed E-state index contributed by atoms with van der Waals surface area (Å²) in [6.07, 6.45) is 1.51. The molecule has 8 heteroatoms. The number of hydrogen-bond acceptors (Lipinski definition) is 7. The van der Waals surface area contributed by atoms with Crippen LogP contribution in [0.3, 0.4) is 0 Å². The second-order valence-corrected chi connectivity index (χ2v) is 5.88. The summed E-state index contributed by atoms with van der Waals surface area (Å²) in [4.78, 5) is 40.7. The molecule has 0 bridgehead atoms. The highest BCUT2D eigenvalue weighted by Crippen LogP contribution is 2.26. The molecule has 8 nitrogen and oxygen atoms in total. The Kier molecular flexibility index (Phi) is 6.33. The second kappa shape index (κ2) is 8.48. The number of amides is 1. The number of aromatic hydroxyl groups is 1. The molecule has 0 aliphatic rings. The first-order chi connectivity index (χ1) is 12.9. The van der Waals surface area contributed by atoms with Gasteiger partial charge in [-0.05, 0) is 31.0 Å². The van der Waals surface area contributed by atoms with Gasteiger partial charge >= 0.3 is 11.9 Å². The number of benzene rings is 1. The summed E-state index contributed by atoms with van der Waals surface area (Å²) in [6, 6.07) is 6.48. The number of hydrogen-bond donors (Lipinski definition) is 2. The van der Waals surface area contributed by atoms with Crippen molar-refractivity contribution in [1.82, 2.24) is 10.3 Å². The van der Waals surface area contributed by atoms with E-state index in [1.807, 2.05) is 0 Å². The first kappa shape index (κ1) is 20.2. The van der Waals surface area contributed by atoms with E-state index in [2.05, 4.69) is 10.3 Å². The smallest absolute Gasteiger partial charge is 0.344 e. The van der Waals surface area contributed by atoms with Crippen molar-refractivity contribution in [1.29, 1.82) is 0 Å². The predicted molar refractivity (Wildman–Crippen MR) is 96.7 cm³/mol. The lowest BCUT2D eigenvalue weighted by Gasteiger charge is -2.28. The van der Waals surface area contributed by atoms with Crippen LogP contribution >= 0.6 is 0 Å². The molecule has 1 aromatic carbocycles. The zero-order chi connectivity index (χ0) is 20.0. The van der Waals surface area contributed by atoms with Crippen molar-refractivity contribution in [2.24, 2.45) is 0 Å². The van der Waals surface area contributed by atoms with Crippen molar-refractivity contribution in [3.8, 4) is 5.75 Å². The van der Waals surface area contributed by atoms with Crippen molar-refractivity contribution in [3.63, 3.8) is 0 Å². The molecule has 2 N–H and O–H groups in total. The standard InChI is InChI=1S/C19H22N2O6/c1-4-19(21-12(3)22,17(24)26-5-2)18(25)27-11-13-8-9-15(23)16-14(13)7-6-10-20-16/h6-10,23H,4-5,11H2,1-3H3,(H,21,22). The SMILES string of the molecule is CCOC(=O)C(CC)(NC(C)=O)C(=O)OCc1ccc(O)c2ncccc12. The van der Waals surface area contributed by atoms with Crippen LogP contribution in [0.2, 0.25) is 0 Å². The minimum absolute atomic E-state index is 0.00773. The molecule has 1 unspecified atom stereocenters. The number of pyridine rings is 1. The zero-order valence-corrected chi connectivity index (χ0v) is 15.4. The number of esters is 2. The first-order valence-electron chi connectivity index (χ1n) is 8.54. The van der Waals surface area contributed by atoms with Gasteiger partial charge in [-0.15, -0.1) is 0 Å². The summed E-state index contributed by atoms with van der Waals surface area (Å²) in [5.41, 5.74) is -0.937. The van der Waals surface area contributed by atoms with E-state index in [0.29, 0.717) is 16.5 Å². The Bertz CT molecular complexity index is 866. The molecule has 144 valence electrons. The molecule has 27 heavy (non-hydrogen) atoms. The maximum Gasteiger partial charge on any atom is 0.344 e. The van der Waals surface area contributed by atoms with E-state index in [1.54, 1.807) is 32.0 Å². The third kappa shape index (κ3) is 4.16. The van der Waals surface area contributed by atoms with E-state index in [0.717, 1.165) is 0 Å². The number of rotatable bonds is 7. The van der Waals surface area contributed by atoms with E-state index in [9.17, 15) is 19.5 Å². The lowest BCUT2D eigenvalue weighted by atomic mass is 9.96. The molecule has 0 spiro atoms. The molecule has 1 aromatic heterocycles. The lowest BCUT2D eigenvalue weighted by molar-refractivity contribution is -0.169. The minimum Gasteiger partial charge on any atom is -0.506 e. The number of phenols is 1. The molecule has 1 heterocycles. The summed E-state index contributed by atoms with van der Waals surface area (Å²) in [6.45, 7) is 4.28. The van der Waals surface area contributed by atoms with Gasteiger partial charge in [-0.25, -0.2) is 9.59 Å². The van der Waals surface area contributed by atoms with Crippen LogP contribution in [-0.2, 0) is 30.5 Å². The van der Waals surface area contributed by atoms with E-state index < -0.39 is 23.4 Å². The van der Waals surface area contributed by atoms with Gasteiger partial charge in [0, 0.05) is 18.5 Å². The molecule has 0 saturated carbocycles. The first-order valence-corrected chi connectivity index (χ1v) is 8.54. The normalized spacial score (nSPS) is 12.9. The lowest BCUT2D eigenvalue weighted by Crippen LogP contribution is -2.60. The molecule has 2 aromatic rings. The fourth-order valence-corrected chi connectivity index (χ4v) is 2.73. The molecule has 1 amide bonds. The number of carbonyl (C=O) groups is 3. The van der Waals surface area contributed by atoms with Crippen LogP contribution in [0.25, 0.3) is 10.9 Å². The van der Waals surface area contributed by atoms with Gasteiger partial charge in [0.25, 0.3) is 0 Å². The Morgan fingerprint density at radius 3 is 2.48 bits per heavy atom. The number of carbonyl (C=O) groups excluding carboxylic acids is 3. The Morgan fingerprint density at radius 1 is 1.15 bits per heavy atom. The van der Waals surface area contributed by atoms with Crippen LogP contribution < -0.4 is 5.32 Å². The molecule has 0 aliphatic carbocycles. The fraction of sp³-hybridized carbons (Fsp3) is 0.368. The van der Waals surface area contributed by atoms with Crippen LogP contribution in [-0.4, -0.2) is 40.1 Å². The van der Waals surface area contributed by atoms with Crippen molar-refractivity contribution in [2.75, 3.05) is 6.61 Å². The summed E-state index contributed by atoms with van der Waals surface area (Å²) in [5.74, 6) is -2.33. The molecule has 2 rings (SSSR count). The Morgan fingerprint density at radius 2 is 1.85 bits per heavy atom. The van der Waals surface area contributed by atoms with Gasteiger partial charge in [0.05, 0.1) is 6.61 Å². The Labute approximate surface area is 156 Å². The fourth-order valence-electron chi connectivity index (χ4n) is 2.73. The molecular weight excluding hydrogens is 352 g/mol. The highest BCUT2D eigenvalue weighted by Gasteiger charge is 2.48. The van der Waals surface area contributed by atoms with Gasteiger partial charge in [-0.3, -0.25) is 9.78 Å². The highest BCUT2D eigenvalue weighted by atomic mass is 16.6. The number of phenolic OH excluding ortho intramolecular Hbond substituents is 1. The van der Waals surface area contributed by atoms with Crippen molar-refractivity contribution in [3.05, 3.63) is 36.0 Å². The Balaban J connectivity index is 2.29. The van der Waals surface area contributed by atoms with Crippen LogP contribution in [0.1, 0.15) is 32.8 Å². The average molecular weight is 374 g/mol. The van der Waals surface area contributed by atoms with Crippen LogP contribution in [0, 0.1) is 0 Å². The van der Waals surface area contributed by atoms with E-state index >= 15 is 0 Å². The summed E-state index contributed by atoms with van der Waals surface area (Å²) < 4.78 is 10.3. The van der Waals surface area contributed by atoms with Gasteiger partial charge in [0.2, 0.25) is 11.4 Å². The quantitative estimate of drug-likeness (QED) is 0.561. The average Bonchev–Trinajstić information content (AvgIpc) is 2.65. The second-order valence-electron chi connectivity index (χ2n) is 5.88. The maximum absolute atomic E-state index is 12.7. The summed E-state index contributed by atoms with van der Waals surface area (Å²) in [7, 11) is 0. The van der Waals surface area contributed by atoms with Gasteiger partial charge in [0.1, 0.15) is 17.9 Å². The molecule has 0 radical (unpaired) electrons. The maximum atomic E-state index is 12.7. The monoisotopic (exact) mass is 374 g/mol. The molecule has 0 fully saturated rings. The van der Waals surface area contributed by atoms with Crippen LogP contribution in [0.15, 0.2) is 30.5 Å². The zero-order valence-electron chi connectivity index (χ0n) is 15.4. The molecule has 1 atom stereocenters. The van der Waals surface area contributed by atoms with Crippen molar-refractivity contribution >= 4 is 28.7 Å². The Hall–Kier alpha value is -3.16. The van der Waals surface area contributed by atoms with E-state index in [-0.39, 0.29) is 25.4 Å². The minimum atomic E-state index is -1.91. The number of nitrogens with one attached hydrogen (secondary N) is 1. The van der Waals surface area contributed by atoms with E-state index in [4.69, 9.17) is 9.47 Å².